The van der Waals surface area contributed by atoms with Gasteiger partial charge in [-0.15, -0.1) is 11.3 Å². The normalized spacial score (nSPS) is 14.4. The third-order valence-electron chi connectivity index (χ3n) is 3.83. The molecule has 23 heavy (non-hydrogen) atoms. The smallest absolute Gasteiger partial charge is 0.107 e. The van der Waals surface area contributed by atoms with Crippen molar-refractivity contribution >= 4 is 11.3 Å². The zero-order valence-electron chi connectivity index (χ0n) is 14.8. The van der Waals surface area contributed by atoms with Gasteiger partial charge in [0.1, 0.15) is 5.01 Å². The summed E-state index contributed by atoms with van der Waals surface area (Å²) in [6.07, 6.45) is 0. The molecule has 0 fully saturated rings. The number of hydrogen-bond donors (Lipinski definition) is 1. The van der Waals surface area contributed by atoms with E-state index in [-0.39, 0.29) is 0 Å². The number of aromatic nitrogens is 1. The number of nitrogens with one attached hydrogen (secondary N) is 1. The summed E-state index contributed by atoms with van der Waals surface area (Å²) >= 11 is 1.74. The van der Waals surface area contributed by atoms with E-state index >= 15 is 0 Å². The molecule has 0 aliphatic rings. The Hall–Kier alpha value is -1.27. The van der Waals surface area contributed by atoms with Crippen LogP contribution in [0.15, 0.2) is 35.7 Å². The molecule has 0 bridgehead atoms. The molecule has 0 aliphatic heterocycles. The zero-order chi connectivity index (χ0) is 16.8. The summed E-state index contributed by atoms with van der Waals surface area (Å²) in [4.78, 5) is 9.12. The van der Waals surface area contributed by atoms with Crippen LogP contribution in [0, 0.1) is 0 Å². The van der Waals surface area contributed by atoms with Crippen molar-refractivity contribution in [2.45, 2.75) is 32.1 Å². The molecule has 2 unspecified atom stereocenters. The maximum absolute atomic E-state index is 4.70. The van der Waals surface area contributed by atoms with Gasteiger partial charge in [-0.3, -0.25) is 0 Å². The minimum atomic E-state index is 0.339. The van der Waals surface area contributed by atoms with Gasteiger partial charge in [-0.1, -0.05) is 30.3 Å². The maximum Gasteiger partial charge on any atom is 0.107 e. The molecule has 0 amide bonds. The van der Waals surface area contributed by atoms with Gasteiger partial charge in [0.2, 0.25) is 0 Å². The van der Waals surface area contributed by atoms with Gasteiger partial charge in [0.15, 0.2) is 0 Å². The molecule has 4 nitrogen and oxygen atoms in total. The summed E-state index contributed by atoms with van der Waals surface area (Å²) in [6, 6.07) is 11.3. The lowest BCUT2D eigenvalue weighted by atomic mass is 9.99. The minimum absolute atomic E-state index is 0.339. The summed E-state index contributed by atoms with van der Waals surface area (Å²) in [6.45, 7) is 3.96. The number of rotatable bonds is 8. The van der Waals surface area contributed by atoms with Crippen LogP contribution in [0.3, 0.4) is 0 Å². The van der Waals surface area contributed by atoms with E-state index in [0.29, 0.717) is 12.1 Å². The van der Waals surface area contributed by atoms with Crippen LogP contribution in [0.2, 0.25) is 0 Å². The SMILES string of the molecule is CC(NCc1csc(CN(C)C)n1)C(c1ccccc1)N(C)C. The van der Waals surface area contributed by atoms with Crippen LogP contribution < -0.4 is 5.32 Å². The Morgan fingerprint density at radius 1 is 1.13 bits per heavy atom. The third-order valence-corrected chi connectivity index (χ3v) is 4.71. The van der Waals surface area contributed by atoms with E-state index in [9.17, 15) is 0 Å². The first-order valence-corrected chi connectivity index (χ1v) is 8.88. The fourth-order valence-electron chi connectivity index (χ4n) is 2.83. The van der Waals surface area contributed by atoms with Crippen molar-refractivity contribution in [2.24, 2.45) is 0 Å². The molecule has 0 saturated heterocycles. The van der Waals surface area contributed by atoms with Crippen LogP contribution in [-0.4, -0.2) is 49.0 Å². The first-order chi connectivity index (χ1) is 11.0. The number of likely N-dealkylation sites (N-methyl/N-ethyl adjacent to an activating group) is 1. The second kappa shape index (κ2) is 8.55. The van der Waals surface area contributed by atoms with Gasteiger partial charge in [-0.2, -0.15) is 0 Å². The molecule has 0 spiro atoms. The van der Waals surface area contributed by atoms with Crippen molar-refractivity contribution < 1.29 is 0 Å². The topological polar surface area (TPSA) is 31.4 Å². The molecule has 2 aromatic rings. The summed E-state index contributed by atoms with van der Waals surface area (Å²) in [5.74, 6) is 0. The molecule has 0 saturated carbocycles. The molecule has 2 rings (SSSR count). The predicted octanol–water partition coefficient (Wildman–Crippen LogP) is 2.99. The van der Waals surface area contributed by atoms with E-state index in [2.05, 4.69) is 85.9 Å². The van der Waals surface area contributed by atoms with Crippen LogP contribution in [0.5, 0.6) is 0 Å². The Kier molecular flexibility index (Phi) is 6.72. The average molecular weight is 333 g/mol. The Morgan fingerprint density at radius 2 is 1.83 bits per heavy atom. The van der Waals surface area contributed by atoms with Gasteiger partial charge in [0, 0.05) is 30.6 Å². The highest BCUT2D eigenvalue weighted by atomic mass is 32.1. The maximum atomic E-state index is 4.70. The van der Waals surface area contributed by atoms with Gasteiger partial charge < -0.3 is 15.1 Å². The summed E-state index contributed by atoms with van der Waals surface area (Å²) in [7, 11) is 8.41. The molecule has 5 heteroatoms. The van der Waals surface area contributed by atoms with E-state index in [4.69, 9.17) is 4.98 Å². The van der Waals surface area contributed by atoms with Crippen molar-refractivity contribution in [1.29, 1.82) is 0 Å². The quantitative estimate of drug-likeness (QED) is 0.805. The first-order valence-electron chi connectivity index (χ1n) is 8.00. The Labute approximate surface area is 144 Å². The Balaban J connectivity index is 1.97. The van der Waals surface area contributed by atoms with E-state index in [1.165, 1.54) is 10.6 Å². The molecular formula is C18H28N4S. The van der Waals surface area contributed by atoms with E-state index in [1.807, 2.05) is 0 Å². The molecular weight excluding hydrogens is 304 g/mol. The van der Waals surface area contributed by atoms with Crippen LogP contribution in [0.1, 0.15) is 29.2 Å². The van der Waals surface area contributed by atoms with Crippen LogP contribution in [0.4, 0.5) is 0 Å². The lowest BCUT2D eigenvalue weighted by molar-refractivity contribution is 0.239. The van der Waals surface area contributed by atoms with E-state index < -0.39 is 0 Å². The monoisotopic (exact) mass is 332 g/mol. The van der Waals surface area contributed by atoms with Crippen LogP contribution in [-0.2, 0) is 13.1 Å². The van der Waals surface area contributed by atoms with Crippen molar-refractivity contribution in [2.75, 3.05) is 28.2 Å². The lowest BCUT2D eigenvalue weighted by Crippen LogP contribution is -2.39. The lowest BCUT2D eigenvalue weighted by Gasteiger charge is -2.31. The first kappa shape index (κ1) is 18.1. The Bertz CT molecular complexity index is 580. The molecule has 126 valence electrons. The van der Waals surface area contributed by atoms with Gasteiger partial charge in [-0.25, -0.2) is 4.98 Å². The van der Waals surface area contributed by atoms with Crippen molar-refractivity contribution in [1.82, 2.24) is 20.1 Å². The highest BCUT2D eigenvalue weighted by Gasteiger charge is 2.21. The average Bonchev–Trinajstić information content (AvgIpc) is 2.93. The third kappa shape index (κ3) is 5.39. The standard InChI is InChI=1S/C18H28N4S/c1-14(18(22(4)5)15-9-7-6-8-10-15)19-11-16-13-23-17(20-16)12-21(2)3/h6-10,13-14,18-19H,11-12H2,1-5H3. The number of hydrogen-bond acceptors (Lipinski definition) is 5. The summed E-state index contributed by atoms with van der Waals surface area (Å²) < 4.78 is 0. The number of nitrogens with zero attached hydrogens (tertiary/aromatic N) is 3. The number of benzene rings is 1. The fourth-order valence-corrected chi connectivity index (χ4v) is 3.75. The van der Waals surface area contributed by atoms with Gasteiger partial charge >= 0.3 is 0 Å². The predicted molar refractivity (Wildman–Crippen MR) is 98.7 cm³/mol. The molecule has 2 atom stereocenters. The van der Waals surface area contributed by atoms with Gasteiger partial charge in [0.25, 0.3) is 0 Å². The van der Waals surface area contributed by atoms with Crippen LogP contribution in [0.25, 0.3) is 0 Å². The molecule has 1 heterocycles. The molecule has 0 radical (unpaired) electrons. The van der Waals surface area contributed by atoms with Crippen LogP contribution >= 0.6 is 11.3 Å². The second-order valence-corrected chi connectivity index (χ2v) is 7.40. The van der Waals surface area contributed by atoms with Crippen molar-refractivity contribution in [3.05, 3.63) is 52.0 Å². The van der Waals surface area contributed by atoms with Gasteiger partial charge in [-0.05, 0) is 40.7 Å². The number of thiazole rings is 1. The van der Waals surface area contributed by atoms with Crippen molar-refractivity contribution in [3.63, 3.8) is 0 Å². The molecule has 1 N–H and O–H groups in total. The fraction of sp³-hybridized carbons (Fsp3) is 0.500. The summed E-state index contributed by atoms with van der Waals surface area (Å²) in [5, 5.41) is 6.97. The zero-order valence-corrected chi connectivity index (χ0v) is 15.6. The highest BCUT2D eigenvalue weighted by molar-refractivity contribution is 7.09. The summed E-state index contributed by atoms with van der Waals surface area (Å²) in [5.41, 5.74) is 2.47. The van der Waals surface area contributed by atoms with Gasteiger partial charge in [0.05, 0.1) is 5.69 Å². The molecule has 1 aromatic carbocycles. The molecule has 0 aliphatic carbocycles. The van der Waals surface area contributed by atoms with E-state index in [0.717, 1.165) is 18.8 Å². The van der Waals surface area contributed by atoms with E-state index in [1.54, 1.807) is 11.3 Å². The Morgan fingerprint density at radius 3 is 2.43 bits per heavy atom. The largest absolute Gasteiger partial charge is 0.307 e. The van der Waals surface area contributed by atoms with Crippen molar-refractivity contribution in [3.8, 4) is 0 Å². The molecule has 1 aromatic heterocycles. The minimum Gasteiger partial charge on any atom is -0.307 e. The highest BCUT2D eigenvalue weighted by Crippen LogP contribution is 2.22. The second-order valence-electron chi connectivity index (χ2n) is 6.46.